The Labute approximate surface area is 70.9 Å². The van der Waals surface area contributed by atoms with Crippen molar-refractivity contribution >= 4 is 5.82 Å². The van der Waals surface area contributed by atoms with Crippen molar-refractivity contribution in [2.75, 3.05) is 18.0 Å². The summed E-state index contributed by atoms with van der Waals surface area (Å²) in [6.45, 7) is 1.98. The Bertz CT molecular complexity index is 271. The van der Waals surface area contributed by atoms with Crippen molar-refractivity contribution in [2.24, 2.45) is 0 Å². The maximum Gasteiger partial charge on any atom is 0.177 e. The lowest BCUT2D eigenvalue weighted by Crippen LogP contribution is -2.18. The number of nitrogens with zero attached hydrogens (tertiary/aromatic N) is 3. The second-order valence-electron chi connectivity index (χ2n) is 2.93. The van der Waals surface area contributed by atoms with Crippen LogP contribution in [0, 0.1) is 0 Å². The quantitative estimate of drug-likeness (QED) is 0.668. The number of hydrogen-bond donors (Lipinski definition) is 1. The standard InChI is InChI=1S/C8H11N3O/c12-7-5-9-6-10-8(7)11-3-1-2-4-11/h5-6,12H,1-4H2. The van der Waals surface area contributed by atoms with Crippen molar-refractivity contribution in [1.82, 2.24) is 9.97 Å². The molecule has 1 aliphatic heterocycles. The van der Waals surface area contributed by atoms with E-state index in [4.69, 9.17) is 0 Å². The lowest BCUT2D eigenvalue weighted by Gasteiger charge is -2.16. The highest BCUT2D eigenvalue weighted by atomic mass is 16.3. The maximum absolute atomic E-state index is 9.40. The minimum Gasteiger partial charge on any atom is -0.503 e. The monoisotopic (exact) mass is 165 g/mol. The topological polar surface area (TPSA) is 49.3 Å². The summed E-state index contributed by atoms with van der Waals surface area (Å²) in [4.78, 5) is 9.83. The van der Waals surface area contributed by atoms with Gasteiger partial charge in [-0.05, 0) is 12.8 Å². The van der Waals surface area contributed by atoms with Gasteiger partial charge in [0.15, 0.2) is 11.6 Å². The van der Waals surface area contributed by atoms with E-state index in [1.54, 1.807) is 0 Å². The predicted octanol–water partition coefficient (Wildman–Crippen LogP) is 0.782. The van der Waals surface area contributed by atoms with Crippen molar-refractivity contribution in [3.8, 4) is 5.75 Å². The Morgan fingerprint density at radius 1 is 1.33 bits per heavy atom. The van der Waals surface area contributed by atoms with Crippen LogP contribution in [0.3, 0.4) is 0 Å². The van der Waals surface area contributed by atoms with Crippen LogP contribution in [0.1, 0.15) is 12.8 Å². The van der Waals surface area contributed by atoms with Crippen LogP contribution in [0.5, 0.6) is 5.75 Å². The summed E-state index contributed by atoms with van der Waals surface area (Å²) in [7, 11) is 0. The third-order valence-corrected chi connectivity index (χ3v) is 2.08. The van der Waals surface area contributed by atoms with Crippen molar-refractivity contribution in [1.29, 1.82) is 0 Å². The summed E-state index contributed by atoms with van der Waals surface area (Å²) in [5.74, 6) is 0.849. The molecule has 12 heavy (non-hydrogen) atoms. The van der Waals surface area contributed by atoms with E-state index in [1.807, 2.05) is 0 Å². The Hall–Kier alpha value is -1.32. The Morgan fingerprint density at radius 2 is 2.08 bits per heavy atom. The lowest BCUT2D eigenvalue weighted by atomic mass is 10.4. The summed E-state index contributed by atoms with van der Waals surface area (Å²) in [6.07, 6.45) is 5.26. The summed E-state index contributed by atoms with van der Waals surface area (Å²) < 4.78 is 0. The van der Waals surface area contributed by atoms with Crippen molar-refractivity contribution in [3.05, 3.63) is 12.5 Å². The molecule has 0 amide bonds. The van der Waals surface area contributed by atoms with Crippen molar-refractivity contribution in [3.63, 3.8) is 0 Å². The number of anilines is 1. The van der Waals surface area contributed by atoms with E-state index in [1.165, 1.54) is 25.4 Å². The molecule has 64 valence electrons. The molecule has 2 heterocycles. The summed E-state index contributed by atoms with van der Waals surface area (Å²) in [6, 6.07) is 0. The van der Waals surface area contributed by atoms with Gasteiger partial charge in [-0.15, -0.1) is 0 Å². The van der Waals surface area contributed by atoms with Gasteiger partial charge in [-0.2, -0.15) is 0 Å². The van der Waals surface area contributed by atoms with Gasteiger partial charge in [-0.3, -0.25) is 0 Å². The average Bonchev–Trinajstić information content (AvgIpc) is 2.57. The van der Waals surface area contributed by atoms with E-state index in [9.17, 15) is 5.11 Å². The highest BCUT2D eigenvalue weighted by Crippen LogP contribution is 2.25. The van der Waals surface area contributed by atoms with E-state index in [-0.39, 0.29) is 5.75 Å². The second-order valence-corrected chi connectivity index (χ2v) is 2.93. The Morgan fingerprint density at radius 3 is 2.75 bits per heavy atom. The molecule has 0 spiro atoms. The average molecular weight is 165 g/mol. The molecule has 4 nitrogen and oxygen atoms in total. The summed E-state index contributed by atoms with van der Waals surface area (Å²) in [5.41, 5.74) is 0. The fraction of sp³-hybridized carbons (Fsp3) is 0.500. The molecule has 1 aromatic rings. The highest BCUT2D eigenvalue weighted by molar-refractivity contribution is 5.50. The third kappa shape index (κ3) is 1.20. The minimum absolute atomic E-state index is 0.180. The zero-order valence-corrected chi connectivity index (χ0v) is 6.77. The molecule has 0 bridgehead atoms. The molecule has 0 unspecified atom stereocenters. The molecule has 0 atom stereocenters. The van der Waals surface area contributed by atoms with Gasteiger partial charge in [0.25, 0.3) is 0 Å². The van der Waals surface area contributed by atoms with Crippen LogP contribution in [-0.2, 0) is 0 Å². The van der Waals surface area contributed by atoms with Gasteiger partial charge in [0.2, 0.25) is 0 Å². The lowest BCUT2D eigenvalue weighted by molar-refractivity contribution is 0.469. The van der Waals surface area contributed by atoms with E-state index in [2.05, 4.69) is 14.9 Å². The van der Waals surface area contributed by atoms with Crippen LogP contribution in [0.25, 0.3) is 0 Å². The number of hydrogen-bond acceptors (Lipinski definition) is 4. The van der Waals surface area contributed by atoms with Gasteiger partial charge in [-0.25, -0.2) is 9.97 Å². The first kappa shape index (κ1) is 7.34. The minimum atomic E-state index is 0.180. The van der Waals surface area contributed by atoms with Gasteiger partial charge in [-0.1, -0.05) is 0 Å². The number of aromatic hydroxyl groups is 1. The molecule has 1 aromatic heterocycles. The molecule has 1 saturated heterocycles. The highest BCUT2D eigenvalue weighted by Gasteiger charge is 2.16. The van der Waals surface area contributed by atoms with E-state index in [0.717, 1.165) is 13.1 Å². The molecule has 0 aliphatic carbocycles. The number of rotatable bonds is 1. The summed E-state index contributed by atoms with van der Waals surface area (Å²) in [5, 5.41) is 9.40. The van der Waals surface area contributed by atoms with Crippen LogP contribution in [0.4, 0.5) is 5.82 Å². The van der Waals surface area contributed by atoms with E-state index in [0.29, 0.717) is 5.82 Å². The zero-order valence-electron chi connectivity index (χ0n) is 6.77. The van der Waals surface area contributed by atoms with Crippen LogP contribution in [0.15, 0.2) is 12.5 Å². The molecule has 4 heteroatoms. The summed E-state index contributed by atoms with van der Waals surface area (Å²) >= 11 is 0. The van der Waals surface area contributed by atoms with Crippen LogP contribution < -0.4 is 4.90 Å². The van der Waals surface area contributed by atoms with Gasteiger partial charge >= 0.3 is 0 Å². The first-order chi connectivity index (χ1) is 5.88. The van der Waals surface area contributed by atoms with Gasteiger partial charge in [0.05, 0.1) is 6.20 Å². The number of aromatic nitrogens is 2. The molecular weight excluding hydrogens is 154 g/mol. The largest absolute Gasteiger partial charge is 0.503 e. The van der Waals surface area contributed by atoms with Crippen molar-refractivity contribution in [2.45, 2.75) is 12.8 Å². The molecule has 0 radical (unpaired) electrons. The second kappa shape index (κ2) is 2.97. The fourth-order valence-corrected chi connectivity index (χ4v) is 1.49. The smallest absolute Gasteiger partial charge is 0.177 e. The van der Waals surface area contributed by atoms with Gasteiger partial charge in [0, 0.05) is 13.1 Å². The normalized spacial score (nSPS) is 16.8. The van der Waals surface area contributed by atoms with Gasteiger partial charge in [0.1, 0.15) is 6.33 Å². The van der Waals surface area contributed by atoms with Crippen LogP contribution >= 0.6 is 0 Å². The zero-order chi connectivity index (χ0) is 8.39. The molecule has 1 N–H and O–H groups in total. The third-order valence-electron chi connectivity index (χ3n) is 2.08. The van der Waals surface area contributed by atoms with Crippen LogP contribution in [0.2, 0.25) is 0 Å². The molecule has 2 rings (SSSR count). The molecule has 0 saturated carbocycles. The van der Waals surface area contributed by atoms with E-state index >= 15 is 0 Å². The van der Waals surface area contributed by atoms with Gasteiger partial charge < -0.3 is 10.0 Å². The molecule has 1 aliphatic rings. The molecular formula is C8H11N3O. The maximum atomic E-state index is 9.40. The first-order valence-electron chi connectivity index (χ1n) is 4.12. The van der Waals surface area contributed by atoms with Crippen LogP contribution in [-0.4, -0.2) is 28.2 Å². The fourth-order valence-electron chi connectivity index (χ4n) is 1.49. The SMILES string of the molecule is Oc1cncnc1N1CCCC1. The molecule has 1 fully saturated rings. The van der Waals surface area contributed by atoms with E-state index < -0.39 is 0 Å². The molecule has 0 aromatic carbocycles. The Balaban J connectivity index is 2.26. The van der Waals surface area contributed by atoms with Crippen molar-refractivity contribution < 1.29 is 5.11 Å². The predicted molar refractivity (Wildman–Crippen MR) is 45.1 cm³/mol. The first-order valence-corrected chi connectivity index (χ1v) is 4.12. The Kier molecular flexibility index (Phi) is 1.81.